The Balaban J connectivity index is 1.94. The molecule has 0 aromatic carbocycles. The topological polar surface area (TPSA) is 92.0 Å². The van der Waals surface area contributed by atoms with E-state index in [4.69, 9.17) is 16.9 Å². The first-order chi connectivity index (χ1) is 8.66. The van der Waals surface area contributed by atoms with E-state index in [2.05, 4.69) is 9.88 Å². The molecular weight excluding hydrogens is 226 g/mol. The van der Waals surface area contributed by atoms with E-state index in [0.717, 1.165) is 37.4 Å². The number of nitrogens with two attached hydrogens (primary N) is 2. The van der Waals surface area contributed by atoms with Gasteiger partial charge in [0.15, 0.2) is 0 Å². The summed E-state index contributed by atoms with van der Waals surface area (Å²) in [5.74, 6) is 1.37. The molecule has 1 aromatic rings. The van der Waals surface area contributed by atoms with Gasteiger partial charge in [0.1, 0.15) is 11.7 Å². The van der Waals surface area contributed by atoms with Gasteiger partial charge in [-0.3, -0.25) is 5.41 Å². The molecule has 5 N–H and O–H groups in total. The van der Waals surface area contributed by atoms with Gasteiger partial charge < -0.3 is 16.4 Å². The zero-order valence-electron chi connectivity index (χ0n) is 10.3. The molecule has 1 aliphatic rings. The standard InChI is InChI=1S/C13H19N5/c14-11(9-12(15)16)10-4-7-18(8-5-10)13-3-1-2-6-17-13/h1-3,6,9-10H,4-5,7-8,14H2,(H3,15,16). The maximum Gasteiger partial charge on any atom is 0.128 e. The third-order valence-electron chi connectivity index (χ3n) is 3.26. The molecule has 0 aliphatic carbocycles. The molecule has 96 valence electrons. The summed E-state index contributed by atoms with van der Waals surface area (Å²) in [6.07, 6.45) is 5.32. The first kappa shape index (κ1) is 12.4. The summed E-state index contributed by atoms with van der Waals surface area (Å²) in [6, 6.07) is 5.94. The smallest absolute Gasteiger partial charge is 0.128 e. The van der Waals surface area contributed by atoms with Gasteiger partial charge in [0, 0.05) is 30.9 Å². The van der Waals surface area contributed by atoms with Crippen molar-refractivity contribution in [2.75, 3.05) is 18.0 Å². The highest BCUT2D eigenvalue weighted by atomic mass is 15.2. The molecule has 1 fully saturated rings. The van der Waals surface area contributed by atoms with Gasteiger partial charge in [-0.25, -0.2) is 4.98 Å². The predicted molar refractivity (Wildman–Crippen MR) is 73.4 cm³/mol. The van der Waals surface area contributed by atoms with E-state index in [1.54, 1.807) is 6.08 Å². The zero-order valence-corrected chi connectivity index (χ0v) is 10.3. The van der Waals surface area contributed by atoms with Crippen LogP contribution in [-0.2, 0) is 0 Å². The van der Waals surface area contributed by atoms with Crippen LogP contribution in [0.15, 0.2) is 36.2 Å². The van der Waals surface area contributed by atoms with Crippen LogP contribution in [0, 0.1) is 11.3 Å². The molecule has 0 spiro atoms. The average molecular weight is 245 g/mol. The van der Waals surface area contributed by atoms with Crippen LogP contribution in [-0.4, -0.2) is 23.9 Å². The monoisotopic (exact) mass is 245 g/mol. The highest BCUT2D eigenvalue weighted by Gasteiger charge is 2.21. The van der Waals surface area contributed by atoms with Gasteiger partial charge in [0.05, 0.1) is 0 Å². The Morgan fingerprint density at radius 1 is 1.33 bits per heavy atom. The second kappa shape index (κ2) is 5.53. The Morgan fingerprint density at radius 2 is 2.06 bits per heavy atom. The number of hydrogen-bond acceptors (Lipinski definition) is 4. The minimum atomic E-state index is 0.0275. The quantitative estimate of drug-likeness (QED) is 0.549. The number of anilines is 1. The van der Waals surface area contributed by atoms with Gasteiger partial charge >= 0.3 is 0 Å². The fraction of sp³-hybridized carbons (Fsp3) is 0.385. The van der Waals surface area contributed by atoms with Crippen molar-refractivity contribution < 1.29 is 0 Å². The lowest BCUT2D eigenvalue weighted by molar-refractivity contribution is 0.453. The van der Waals surface area contributed by atoms with Crippen LogP contribution in [0.25, 0.3) is 0 Å². The molecule has 0 atom stereocenters. The highest BCUT2D eigenvalue weighted by molar-refractivity contribution is 5.89. The number of hydrogen-bond donors (Lipinski definition) is 3. The van der Waals surface area contributed by atoms with E-state index >= 15 is 0 Å². The molecule has 18 heavy (non-hydrogen) atoms. The van der Waals surface area contributed by atoms with Crippen LogP contribution < -0.4 is 16.4 Å². The van der Waals surface area contributed by atoms with E-state index in [0.29, 0.717) is 5.92 Å². The third-order valence-corrected chi connectivity index (χ3v) is 3.26. The minimum Gasteiger partial charge on any atom is -0.402 e. The van der Waals surface area contributed by atoms with Gasteiger partial charge in [-0.05, 0) is 31.1 Å². The van der Waals surface area contributed by atoms with Gasteiger partial charge in [-0.15, -0.1) is 0 Å². The molecular formula is C13H19N5. The molecule has 2 heterocycles. The lowest BCUT2D eigenvalue weighted by Gasteiger charge is -2.33. The molecule has 0 radical (unpaired) electrons. The lowest BCUT2D eigenvalue weighted by Crippen LogP contribution is -2.36. The van der Waals surface area contributed by atoms with Crippen molar-refractivity contribution in [3.8, 4) is 0 Å². The van der Waals surface area contributed by atoms with Crippen LogP contribution >= 0.6 is 0 Å². The molecule has 5 heteroatoms. The van der Waals surface area contributed by atoms with Crippen LogP contribution in [0.2, 0.25) is 0 Å². The van der Waals surface area contributed by atoms with Crippen LogP contribution in [0.3, 0.4) is 0 Å². The van der Waals surface area contributed by atoms with Crippen molar-refractivity contribution >= 4 is 11.7 Å². The maximum atomic E-state index is 7.22. The fourth-order valence-electron chi connectivity index (χ4n) is 2.28. The van der Waals surface area contributed by atoms with E-state index in [1.807, 2.05) is 24.4 Å². The third kappa shape index (κ3) is 3.00. The Labute approximate surface area is 107 Å². The van der Waals surface area contributed by atoms with Gasteiger partial charge in [0.2, 0.25) is 0 Å². The number of allylic oxidation sites excluding steroid dienone is 1. The number of amidine groups is 1. The van der Waals surface area contributed by atoms with Crippen molar-refractivity contribution in [2.45, 2.75) is 12.8 Å². The Morgan fingerprint density at radius 3 is 2.61 bits per heavy atom. The molecule has 0 bridgehead atoms. The number of piperidine rings is 1. The second-order valence-electron chi connectivity index (χ2n) is 4.55. The van der Waals surface area contributed by atoms with Crippen molar-refractivity contribution in [2.24, 2.45) is 17.4 Å². The van der Waals surface area contributed by atoms with Crippen molar-refractivity contribution in [1.82, 2.24) is 4.98 Å². The van der Waals surface area contributed by atoms with Crippen LogP contribution in [0.1, 0.15) is 12.8 Å². The number of pyridine rings is 1. The Bertz CT molecular complexity index is 432. The molecule has 1 saturated heterocycles. The highest BCUT2D eigenvalue weighted by Crippen LogP contribution is 2.24. The number of nitrogens with zero attached hydrogens (tertiary/aromatic N) is 2. The van der Waals surface area contributed by atoms with Gasteiger partial charge in [0.25, 0.3) is 0 Å². The van der Waals surface area contributed by atoms with Gasteiger partial charge in [-0.1, -0.05) is 6.07 Å². The van der Waals surface area contributed by atoms with Crippen molar-refractivity contribution in [1.29, 1.82) is 5.41 Å². The van der Waals surface area contributed by atoms with Crippen molar-refractivity contribution in [3.05, 3.63) is 36.2 Å². The minimum absolute atomic E-state index is 0.0275. The molecule has 5 nitrogen and oxygen atoms in total. The molecule has 0 saturated carbocycles. The molecule has 1 aliphatic heterocycles. The van der Waals surface area contributed by atoms with Gasteiger partial charge in [-0.2, -0.15) is 0 Å². The predicted octanol–water partition coefficient (Wildman–Crippen LogP) is 1.08. The second-order valence-corrected chi connectivity index (χ2v) is 4.55. The molecule has 2 rings (SSSR count). The van der Waals surface area contributed by atoms with Crippen LogP contribution in [0.5, 0.6) is 0 Å². The van der Waals surface area contributed by atoms with E-state index < -0.39 is 0 Å². The molecule has 0 amide bonds. The largest absolute Gasteiger partial charge is 0.402 e. The lowest BCUT2D eigenvalue weighted by atomic mass is 9.93. The Hall–Kier alpha value is -2.04. The summed E-state index contributed by atoms with van der Waals surface area (Å²) in [4.78, 5) is 6.61. The first-order valence-electron chi connectivity index (χ1n) is 6.14. The summed E-state index contributed by atoms with van der Waals surface area (Å²) in [6.45, 7) is 1.88. The zero-order chi connectivity index (χ0) is 13.0. The van der Waals surface area contributed by atoms with E-state index in [9.17, 15) is 0 Å². The van der Waals surface area contributed by atoms with Crippen molar-refractivity contribution in [3.63, 3.8) is 0 Å². The average Bonchev–Trinajstić information content (AvgIpc) is 2.39. The van der Waals surface area contributed by atoms with E-state index in [-0.39, 0.29) is 5.84 Å². The summed E-state index contributed by atoms with van der Waals surface area (Å²) >= 11 is 0. The number of nitrogens with one attached hydrogen (secondary N) is 1. The molecule has 1 aromatic heterocycles. The molecule has 0 unspecified atom stereocenters. The Kier molecular flexibility index (Phi) is 3.82. The summed E-state index contributed by atoms with van der Waals surface area (Å²) in [5, 5.41) is 7.22. The maximum absolute atomic E-state index is 7.22. The number of aromatic nitrogens is 1. The van der Waals surface area contributed by atoms with E-state index in [1.165, 1.54) is 0 Å². The number of rotatable bonds is 3. The van der Waals surface area contributed by atoms with Crippen LogP contribution in [0.4, 0.5) is 5.82 Å². The SMILES string of the molecule is N=C(N)C=C(N)C1CCN(c2ccccn2)CC1. The summed E-state index contributed by atoms with van der Waals surface area (Å²) < 4.78 is 0. The first-order valence-corrected chi connectivity index (χ1v) is 6.14. The summed E-state index contributed by atoms with van der Waals surface area (Å²) in [7, 11) is 0. The summed E-state index contributed by atoms with van der Waals surface area (Å²) in [5.41, 5.74) is 12.0. The normalized spacial score (nSPS) is 17.8. The fourth-order valence-corrected chi connectivity index (χ4v) is 2.28.